The molecule has 1 aliphatic carbocycles. The monoisotopic (exact) mass is 360 g/mol. The summed E-state index contributed by atoms with van der Waals surface area (Å²) in [5.74, 6) is 0. The summed E-state index contributed by atoms with van der Waals surface area (Å²) in [5.41, 5.74) is 2.44. The van der Waals surface area contributed by atoms with Gasteiger partial charge in [0, 0.05) is 24.7 Å². The molecule has 0 spiro atoms. The lowest BCUT2D eigenvalue weighted by Crippen LogP contribution is -2.33. The van der Waals surface area contributed by atoms with Crippen molar-refractivity contribution in [1.82, 2.24) is 4.31 Å². The molecule has 1 aliphatic rings. The number of benzene rings is 2. The fourth-order valence-electron chi connectivity index (χ4n) is 3.39. The van der Waals surface area contributed by atoms with Crippen LogP contribution in [0.15, 0.2) is 47.4 Å². The first-order valence-corrected chi connectivity index (χ1v) is 9.57. The van der Waals surface area contributed by atoms with E-state index in [9.17, 15) is 18.5 Å². The largest absolute Gasteiger partial charge is 0.273 e. The van der Waals surface area contributed by atoms with Crippen molar-refractivity contribution >= 4 is 15.7 Å². The molecule has 0 saturated carbocycles. The van der Waals surface area contributed by atoms with Crippen molar-refractivity contribution in [1.29, 1.82) is 0 Å². The van der Waals surface area contributed by atoms with Crippen LogP contribution in [0.25, 0.3) is 0 Å². The highest BCUT2D eigenvalue weighted by atomic mass is 32.2. The molecule has 2 aromatic rings. The fourth-order valence-corrected chi connectivity index (χ4v) is 4.77. The molecule has 0 N–H and O–H groups in total. The Balaban J connectivity index is 2.01. The SMILES string of the molecule is Cc1ccc(S(=O)(=O)N(C)[C@@H]2CCCc3ccccc32)cc1[N+](=O)[O-]. The van der Waals surface area contributed by atoms with Crippen molar-refractivity contribution in [2.45, 2.75) is 37.1 Å². The molecule has 0 aromatic heterocycles. The first-order chi connectivity index (χ1) is 11.8. The maximum Gasteiger partial charge on any atom is 0.273 e. The first-order valence-electron chi connectivity index (χ1n) is 8.13. The molecule has 132 valence electrons. The number of nitro benzene ring substituents is 1. The van der Waals surface area contributed by atoms with Crippen molar-refractivity contribution in [3.63, 3.8) is 0 Å². The summed E-state index contributed by atoms with van der Waals surface area (Å²) >= 11 is 0. The van der Waals surface area contributed by atoms with E-state index in [1.165, 1.54) is 16.4 Å². The van der Waals surface area contributed by atoms with Gasteiger partial charge in [0.2, 0.25) is 10.0 Å². The highest BCUT2D eigenvalue weighted by Crippen LogP contribution is 2.36. The number of nitro groups is 1. The van der Waals surface area contributed by atoms with Gasteiger partial charge in [-0.05, 0) is 43.4 Å². The van der Waals surface area contributed by atoms with E-state index in [4.69, 9.17) is 0 Å². The number of rotatable bonds is 4. The standard InChI is InChI=1S/C18H20N2O4S/c1-13-10-11-15(12-18(13)20(21)22)25(23,24)19(2)17-9-5-7-14-6-3-4-8-16(14)17/h3-4,6,8,10-12,17H,5,7,9H2,1-2H3/t17-/m1/s1. The van der Waals surface area contributed by atoms with Gasteiger partial charge in [-0.3, -0.25) is 10.1 Å². The molecule has 25 heavy (non-hydrogen) atoms. The first kappa shape index (κ1) is 17.6. The van der Waals surface area contributed by atoms with Crippen LogP contribution in [0.1, 0.15) is 35.6 Å². The van der Waals surface area contributed by atoms with Gasteiger partial charge in [0.05, 0.1) is 9.82 Å². The normalized spacial score (nSPS) is 17.3. The van der Waals surface area contributed by atoms with E-state index >= 15 is 0 Å². The van der Waals surface area contributed by atoms with Crippen LogP contribution >= 0.6 is 0 Å². The number of sulfonamides is 1. The predicted octanol–water partition coefficient (Wildman–Crippen LogP) is 3.60. The van der Waals surface area contributed by atoms with Gasteiger partial charge < -0.3 is 0 Å². The molecule has 1 atom stereocenters. The van der Waals surface area contributed by atoms with Crippen LogP contribution in [0.4, 0.5) is 5.69 Å². The third-order valence-corrected chi connectivity index (χ3v) is 6.69. The lowest BCUT2D eigenvalue weighted by atomic mass is 9.88. The Bertz CT molecular complexity index is 924. The van der Waals surface area contributed by atoms with Crippen molar-refractivity contribution in [2.24, 2.45) is 0 Å². The van der Waals surface area contributed by atoms with Crippen molar-refractivity contribution in [2.75, 3.05) is 7.05 Å². The van der Waals surface area contributed by atoms with Crippen molar-refractivity contribution in [3.05, 3.63) is 69.3 Å². The molecule has 2 aromatic carbocycles. The lowest BCUT2D eigenvalue weighted by Gasteiger charge is -2.32. The van der Waals surface area contributed by atoms with E-state index in [1.54, 1.807) is 14.0 Å². The zero-order valence-electron chi connectivity index (χ0n) is 14.2. The number of nitrogens with zero attached hydrogens (tertiary/aromatic N) is 2. The zero-order valence-corrected chi connectivity index (χ0v) is 15.0. The molecule has 3 rings (SSSR count). The van der Waals surface area contributed by atoms with Gasteiger partial charge in [-0.2, -0.15) is 4.31 Å². The summed E-state index contributed by atoms with van der Waals surface area (Å²) in [7, 11) is -2.28. The molecule has 0 bridgehead atoms. The second-order valence-electron chi connectivity index (χ2n) is 6.33. The maximum atomic E-state index is 13.0. The van der Waals surface area contributed by atoms with Gasteiger partial charge in [-0.15, -0.1) is 0 Å². The van der Waals surface area contributed by atoms with Crippen LogP contribution in [0.2, 0.25) is 0 Å². The van der Waals surface area contributed by atoms with Crippen LogP contribution in [0.5, 0.6) is 0 Å². The number of fused-ring (bicyclic) bond motifs is 1. The molecule has 0 saturated heterocycles. The summed E-state index contributed by atoms with van der Waals surface area (Å²) in [4.78, 5) is 10.5. The molecule has 0 unspecified atom stereocenters. The van der Waals surface area contributed by atoms with Crippen molar-refractivity contribution in [3.8, 4) is 0 Å². The fraction of sp³-hybridized carbons (Fsp3) is 0.333. The zero-order chi connectivity index (χ0) is 18.2. The third kappa shape index (κ3) is 3.17. The highest BCUT2D eigenvalue weighted by molar-refractivity contribution is 7.89. The third-order valence-electron chi connectivity index (χ3n) is 4.83. The van der Waals surface area contributed by atoms with E-state index in [-0.39, 0.29) is 16.6 Å². The molecule has 7 heteroatoms. The summed E-state index contributed by atoms with van der Waals surface area (Å²) in [6, 6.07) is 11.7. The van der Waals surface area contributed by atoms with E-state index in [1.807, 2.05) is 24.3 Å². The molecular formula is C18H20N2O4S. The Hall–Kier alpha value is -2.25. The molecule has 0 amide bonds. The molecule has 0 aliphatic heterocycles. The predicted molar refractivity (Wildman–Crippen MR) is 94.9 cm³/mol. The Morgan fingerprint density at radius 2 is 1.92 bits per heavy atom. The van der Waals surface area contributed by atoms with E-state index in [2.05, 4.69) is 0 Å². The Morgan fingerprint density at radius 3 is 2.64 bits per heavy atom. The molecule has 0 fully saturated rings. The minimum atomic E-state index is -3.83. The summed E-state index contributed by atoms with van der Waals surface area (Å²) in [6.07, 6.45) is 2.59. The molecular weight excluding hydrogens is 340 g/mol. The van der Waals surface area contributed by atoms with E-state index in [0.29, 0.717) is 5.56 Å². The molecule has 0 heterocycles. The van der Waals surface area contributed by atoms with Gasteiger partial charge in [0.1, 0.15) is 0 Å². The highest BCUT2D eigenvalue weighted by Gasteiger charge is 2.32. The van der Waals surface area contributed by atoms with E-state index < -0.39 is 14.9 Å². The van der Waals surface area contributed by atoms with Crippen LogP contribution < -0.4 is 0 Å². The number of hydrogen-bond acceptors (Lipinski definition) is 4. The average Bonchev–Trinajstić information content (AvgIpc) is 2.60. The minimum absolute atomic E-state index is 0.0460. The smallest absolute Gasteiger partial charge is 0.258 e. The van der Waals surface area contributed by atoms with Gasteiger partial charge in [-0.25, -0.2) is 8.42 Å². The summed E-state index contributed by atoms with van der Waals surface area (Å²) in [6.45, 7) is 1.59. The van der Waals surface area contributed by atoms with Gasteiger partial charge in [-0.1, -0.05) is 30.3 Å². The lowest BCUT2D eigenvalue weighted by molar-refractivity contribution is -0.385. The molecule has 0 radical (unpaired) electrons. The summed E-state index contributed by atoms with van der Waals surface area (Å²) < 4.78 is 27.4. The van der Waals surface area contributed by atoms with Gasteiger partial charge in [0.15, 0.2) is 0 Å². The topological polar surface area (TPSA) is 80.5 Å². The van der Waals surface area contributed by atoms with E-state index in [0.717, 1.165) is 36.5 Å². The van der Waals surface area contributed by atoms with Gasteiger partial charge >= 0.3 is 0 Å². The molecule has 6 nitrogen and oxygen atoms in total. The average molecular weight is 360 g/mol. The van der Waals surface area contributed by atoms with Gasteiger partial charge in [0.25, 0.3) is 5.69 Å². The maximum absolute atomic E-state index is 13.0. The Kier molecular flexibility index (Phi) is 4.62. The second kappa shape index (κ2) is 6.57. The quantitative estimate of drug-likeness (QED) is 0.616. The Morgan fingerprint density at radius 1 is 1.20 bits per heavy atom. The van der Waals surface area contributed by atoms with Crippen LogP contribution in [-0.2, 0) is 16.4 Å². The number of hydrogen-bond donors (Lipinski definition) is 0. The Labute approximate surface area is 147 Å². The summed E-state index contributed by atoms with van der Waals surface area (Å²) in [5, 5.41) is 11.1. The van der Waals surface area contributed by atoms with Crippen molar-refractivity contribution < 1.29 is 13.3 Å². The van der Waals surface area contributed by atoms with Crippen LogP contribution in [-0.4, -0.2) is 24.7 Å². The van der Waals surface area contributed by atoms with Crippen LogP contribution in [0.3, 0.4) is 0 Å². The van der Waals surface area contributed by atoms with Crippen LogP contribution in [0, 0.1) is 17.0 Å². The number of aryl methyl sites for hydroxylation is 2. The minimum Gasteiger partial charge on any atom is -0.258 e. The second-order valence-corrected chi connectivity index (χ2v) is 8.33.